The van der Waals surface area contributed by atoms with Crippen LogP contribution in [0.4, 0.5) is 4.39 Å². The number of carbonyl (C=O) groups is 1. The van der Waals surface area contributed by atoms with Crippen molar-refractivity contribution in [1.82, 2.24) is 14.8 Å². The van der Waals surface area contributed by atoms with E-state index in [0.29, 0.717) is 5.69 Å². The molecule has 0 saturated heterocycles. The Hall–Kier alpha value is -2.24. The van der Waals surface area contributed by atoms with E-state index in [1.165, 1.54) is 35.3 Å². The van der Waals surface area contributed by atoms with Crippen LogP contribution in [-0.2, 0) is 0 Å². The molecule has 2 rings (SSSR count). The molecule has 6 heteroatoms. The highest BCUT2D eigenvalue weighted by Crippen LogP contribution is 2.08. The molecular weight excluding hydrogens is 201 g/mol. The van der Waals surface area contributed by atoms with Crippen LogP contribution in [0.5, 0.6) is 0 Å². The summed E-state index contributed by atoms with van der Waals surface area (Å²) in [5, 5.41) is 12.1. The van der Waals surface area contributed by atoms with Gasteiger partial charge in [-0.25, -0.2) is 9.48 Å². The predicted molar refractivity (Wildman–Crippen MR) is 48.3 cm³/mol. The van der Waals surface area contributed by atoms with E-state index in [1.807, 2.05) is 0 Å². The topological polar surface area (TPSA) is 68.0 Å². The van der Waals surface area contributed by atoms with Crippen LogP contribution < -0.4 is 0 Å². The minimum Gasteiger partial charge on any atom is -0.478 e. The Morgan fingerprint density at radius 1 is 1.33 bits per heavy atom. The maximum absolute atomic E-state index is 12.5. The third-order valence-corrected chi connectivity index (χ3v) is 1.84. The first kappa shape index (κ1) is 9.32. The highest BCUT2D eigenvalue weighted by atomic mass is 19.1. The number of carboxylic acid groups (broad SMARTS) is 1. The van der Waals surface area contributed by atoms with Gasteiger partial charge >= 0.3 is 12.0 Å². The average molecular weight is 207 g/mol. The second kappa shape index (κ2) is 3.49. The number of aromatic nitrogens is 3. The SMILES string of the molecule is O=C(O)c1ccc(-n2cnc(F)n2)cc1. The van der Waals surface area contributed by atoms with E-state index < -0.39 is 12.0 Å². The molecule has 0 fully saturated rings. The molecule has 0 atom stereocenters. The van der Waals surface area contributed by atoms with E-state index in [4.69, 9.17) is 5.11 Å². The predicted octanol–water partition coefficient (Wildman–Crippen LogP) is 1.10. The summed E-state index contributed by atoms with van der Waals surface area (Å²) in [5.41, 5.74) is 0.718. The molecule has 5 nitrogen and oxygen atoms in total. The number of hydrogen-bond acceptors (Lipinski definition) is 3. The number of hydrogen-bond donors (Lipinski definition) is 1. The minimum atomic E-state index is -1.01. The molecule has 0 aliphatic carbocycles. The Bertz CT molecular complexity index is 492. The molecular formula is C9H6FN3O2. The number of aromatic carboxylic acids is 1. The van der Waals surface area contributed by atoms with E-state index in [9.17, 15) is 9.18 Å². The smallest absolute Gasteiger partial charge is 0.335 e. The summed E-state index contributed by atoms with van der Waals surface area (Å²) in [6, 6.07) is 5.88. The van der Waals surface area contributed by atoms with E-state index >= 15 is 0 Å². The third-order valence-electron chi connectivity index (χ3n) is 1.84. The number of rotatable bonds is 2. The normalized spacial score (nSPS) is 10.2. The molecule has 1 aromatic carbocycles. The van der Waals surface area contributed by atoms with E-state index in [0.717, 1.165) is 0 Å². The maximum Gasteiger partial charge on any atom is 0.335 e. The Balaban J connectivity index is 2.35. The number of carboxylic acids is 1. The lowest BCUT2D eigenvalue weighted by Gasteiger charge is -1.99. The highest BCUT2D eigenvalue weighted by molar-refractivity contribution is 5.87. The second-order valence-electron chi connectivity index (χ2n) is 2.81. The Kier molecular flexibility index (Phi) is 2.17. The van der Waals surface area contributed by atoms with Gasteiger partial charge in [-0.15, -0.1) is 5.10 Å². The van der Waals surface area contributed by atoms with Crippen molar-refractivity contribution in [3.63, 3.8) is 0 Å². The van der Waals surface area contributed by atoms with Crippen LogP contribution in [0.1, 0.15) is 10.4 Å². The molecule has 15 heavy (non-hydrogen) atoms. The summed E-state index contributed by atoms with van der Waals surface area (Å²) in [7, 11) is 0. The molecule has 0 aliphatic heterocycles. The first-order valence-electron chi connectivity index (χ1n) is 4.08. The van der Waals surface area contributed by atoms with Gasteiger partial charge in [-0.1, -0.05) is 0 Å². The Labute approximate surface area is 83.8 Å². The lowest BCUT2D eigenvalue weighted by Crippen LogP contribution is -1.98. The van der Waals surface area contributed by atoms with Gasteiger partial charge in [0.1, 0.15) is 6.33 Å². The average Bonchev–Trinajstić information content (AvgIpc) is 2.65. The van der Waals surface area contributed by atoms with Crippen LogP contribution >= 0.6 is 0 Å². The fourth-order valence-electron chi connectivity index (χ4n) is 1.12. The van der Waals surface area contributed by atoms with Crippen LogP contribution in [-0.4, -0.2) is 25.8 Å². The second-order valence-corrected chi connectivity index (χ2v) is 2.81. The van der Waals surface area contributed by atoms with Crippen molar-refractivity contribution >= 4 is 5.97 Å². The number of halogens is 1. The summed E-state index contributed by atoms with van der Waals surface area (Å²) in [6.07, 6.45) is 0.391. The standard InChI is InChI=1S/C9H6FN3O2/c10-9-11-5-13(12-9)7-3-1-6(2-4-7)8(14)15/h1-5H,(H,14,15). The zero-order valence-electron chi connectivity index (χ0n) is 7.46. The van der Waals surface area contributed by atoms with Crippen LogP contribution in [0.25, 0.3) is 5.69 Å². The lowest BCUT2D eigenvalue weighted by atomic mass is 10.2. The van der Waals surface area contributed by atoms with Crippen molar-refractivity contribution in [2.75, 3.05) is 0 Å². The summed E-state index contributed by atoms with van der Waals surface area (Å²) >= 11 is 0. The van der Waals surface area contributed by atoms with Gasteiger partial charge in [-0.2, -0.15) is 9.37 Å². The molecule has 0 unspecified atom stereocenters. The van der Waals surface area contributed by atoms with Crippen LogP contribution in [0, 0.1) is 6.08 Å². The Morgan fingerprint density at radius 2 is 2.00 bits per heavy atom. The first-order chi connectivity index (χ1) is 7.16. The summed E-state index contributed by atoms with van der Waals surface area (Å²) in [4.78, 5) is 13.9. The molecule has 0 radical (unpaired) electrons. The van der Waals surface area contributed by atoms with Gasteiger partial charge in [-0.3, -0.25) is 0 Å². The molecule has 0 spiro atoms. The van der Waals surface area contributed by atoms with Gasteiger partial charge < -0.3 is 5.11 Å². The number of nitrogens with zero attached hydrogens (tertiary/aromatic N) is 3. The molecule has 1 aromatic heterocycles. The van der Waals surface area contributed by atoms with Crippen molar-refractivity contribution in [2.45, 2.75) is 0 Å². The first-order valence-corrected chi connectivity index (χ1v) is 4.08. The third kappa shape index (κ3) is 1.83. The molecule has 0 aliphatic rings. The molecule has 76 valence electrons. The largest absolute Gasteiger partial charge is 0.478 e. The van der Waals surface area contributed by atoms with Gasteiger partial charge in [0, 0.05) is 0 Å². The summed E-state index contributed by atoms with van der Waals surface area (Å²) < 4.78 is 13.7. The molecule has 0 amide bonds. The highest BCUT2D eigenvalue weighted by Gasteiger charge is 2.04. The van der Waals surface area contributed by atoms with Gasteiger partial charge in [0.15, 0.2) is 0 Å². The fourth-order valence-corrected chi connectivity index (χ4v) is 1.12. The quantitative estimate of drug-likeness (QED) is 0.800. The van der Waals surface area contributed by atoms with Crippen molar-refractivity contribution in [3.8, 4) is 5.69 Å². The molecule has 1 N–H and O–H groups in total. The fraction of sp³-hybridized carbons (Fsp3) is 0. The monoisotopic (exact) mass is 207 g/mol. The van der Waals surface area contributed by atoms with Crippen LogP contribution in [0.2, 0.25) is 0 Å². The van der Waals surface area contributed by atoms with Crippen molar-refractivity contribution in [2.24, 2.45) is 0 Å². The van der Waals surface area contributed by atoms with Crippen molar-refractivity contribution in [1.29, 1.82) is 0 Å². The number of benzene rings is 1. The van der Waals surface area contributed by atoms with Gasteiger partial charge in [0.05, 0.1) is 11.3 Å². The lowest BCUT2D eigenvalue weighted by molar-refractivity contribution is 0.0697. The van der Waals surface area contributed by atoms with Crippen LogP contribution in [0.3, 0.4) is 0 Å². The zero-order valence-corrected chi connectivity index (χ0v) is 7.46. The van der Waals surface area contributed by atoms with E-state index in [-0.39, 0.29) is 5.56 Å². The molecule has 0 saturated carbocycles. The van der Waals surface area contributed by atoms with Crippen molar-refractivity contribution in [3.05, 3.63) is 42.2 Å². The van der Waals surface area contributed by atoms with Crippen LogP contribution in [0.15, 0.2) is 30.6 Å². The molecule has 0 bridgehead atoms. The van der Waals surface area contributed by atoms with Gasteiger partial charge in [-0.05, 0) is 24.3 Å². The maximum atomic E-state index is 12.5. The van der Waals surface area contributed by atoms with Crippen molar-refractivity contribution < 1.29 is 14.3 Å². The Morgan fingerprint density at radius 3 is 2.47 bits per heavy atom. The van der Waals surface area contributed by atoms with Gasteiger partial charge in [0.2, 0.25) is 0 Å². The van der Waals surface area contributed by atoms with Gasteiger partial charge in [0.25, 0.3) is 0 Å². The zero-order chi connectivity index (χ0) is 10.8. The van der Waals surface area contributed by atoms with E-state index in [2.05, 4.69) is 10.1 Å². The summed E-state index contributed by atoms with van der Waals surface area (Å²) in [6.45, 7) is 0. The molecule has 1 heterocycles. The van der Waals surface area contributed by atoms with E-state index in [1.54, 1.807) is 0 Å². The molecule has 2 aromatic rings. The minimum absolute atomic E-state index is 0.166. The summed E-state index contributed by atoms with van der Waals surface area (Å²) in [5.74, 6) is -1.01.